The first-order valence-electron chi connectivity index (χ1n) is 4.44. The molecule has 13 heavy (non-hydrogen) atoms. The summed E-state index contributed by atoms with van der Waals surface area (Å²) in [6.07, 6.45) is 6.39. The molecule has 0 aromatic carbocycles. The smallest absolute Gasteiger partial charge is 0.229 e. The fourth-order valence-electron chi connectivity index (χ4n) is 1.25. The summed E-state index contributed by atoms with van der Waals surface area (Å²) >= 11 is 0. The maximum Gasteiger partial charge on any atom is 0.229 e. The SMILES string of the molecule is O=C(Nc1ncccn1)C1CCC1. The summed E-state index contributed by atoms with van der Waals surface area (Å²) in [4.78, 5) is 19.2. The van der Waals surface area contributed by atoms with Crippen LogP contribution in [0.5, 0.6) is 0 Å². The molecule has 4 nitrogen and oxygen atoms in total. The second-order valence-corrected chi connectivity index (χ2v) is 3.19. The quantitative estimate of drug-likeness (QED) is 0.738. The molecule has 1 N–H and O–H groups in total. The molecule has 0 radical (unpaired) electrons. The van der Waals surface area contributed by atoms with Crippen molar-refractivity contribution in [2.24, 2.45) is 5.92 Å². The molecule has 68 valence electrons. The van der Waals surface area contributed by atoms with Gasteiger partial charge in [-0.15, -0.1) is 0 Å². The number of aromatic nitrogens is 2. The second kappa shape index (κ2) is 3.51. The lowest BCUT2D eigenvalue weighted by Crippen LogP contribution is -2.28. The standard InChI is InChI=1S/C9H11N3O/c13-8(7-3-1-4-7)12-9-10-5-2-6-11-9/h2,5-7H,1,3-4H2,(H,10,11,12,13). The Morgan fingerprint density at radius 2 is 2.08 bits per heavy atom. The second-order valence-electron chi connectivity index (χ2n) is 3.19. The Bertz CT molecular complexity index is 295. The van der Waals surface area contributed by atoms with Gasteiger partial charge in [0.2, 0.25) is 11.9 Å². The molecule has 1 saturated carbocycles. The summed E-state index contributed by atoms with van der Waals surface area (Å²) in [5.74, 6) is 0.639. The van der Waals surface area contributed by atoms with E-state index >= 15 is 0 Å². The van der Waals surface area contributed by atoms with E-state index in [1.165, 1.54) is 0 Å². The van der Waals surface area contributed by atoms with Gasteiger partial charge in [0.1, 0.15) is 0 Å². The highest BCUT2D eigenvalue weighted by Crippen LogP contribution is 2.26. The minimum Gasteiger partial charge on any atom is -0.294 e. The third kappa shape index (κ3) is 1.83. The van der Waals surface area contributed by atoms with Gasteiger partial charge >= 0.3 is 0 Å². The highest BCUT2D eigenvalue weighted by molar-refractivity contribution is 5.91. The van der Waals surface area contributed by atoms with Gasteiger partial charge in [0.15, 0.2) is 0 Å². The van der Waals surface area contributed by atoms with Gasteiger partial charge in [-0.25, -0.2) is 9.97 Å². The highest BCUT2D eigenvalue weighted by atomic mass is 16.2. The van der Waals surface area contributed by atoms with E-state index in [2.05, 4.69) is 15.3 Å². The Balaban J connectivity index is 1.94. The van der Waals surface area contributed by atoms with Crippen LogP contribution in [0.2, 0.25) is 0 Å². The summed E-state index contributed by atoms with van der Waals surface area (Å²) < 4.78 is 0. The van der Waals surface area contributed by atoms with Gasteiger partial charge < -0.3 is 0 Å². The van der Waals surface area contributed by atoms with Crippen molar-refractivity contribution < 1.29 is 4.79 Å². The number of carbonyl (C=O) groups is 1. The van der Waals surface area contributed by atoms with Crippen LogP contribution in [-0.2, 0) is 4.79 Å². The van der Waals surface area contributed by atoms with Crippen LogP contribution < -0.4 is 5.32 Å². The molecule has 0 atom stereocenters. The van der Waals surface area contributed by atoms with Gasteiger partial charge in [-0.05, 0) is 18.9 Å². The number of carbonyl (C=O) groups excluding carboxylic acids is 1. The van der Waals surface area contributed by atoms with E-state index in [4.69, 9.17) is 0 Å². The van der Waals surface area contributed by atoms with Gasteiger partial charge in [0.05, 0.1) is 0 Å². The maximum absolute atomic E-state index is 11.4. The molecule has 0 aliphatic heterocycles. The van der Waals surface area contributed by atoms with Crippen LogP contribution in [0.3, 0.4) is 0 Å². The molecule has 1 aliphatic rings. The Kier molecular flexibility index (Phi) is 2.21. The van der Waals surface area contributed by atoms with E-state index in [0.717, 1.165) is 19.3 Å². The fraction of sp³-hybridized carbons (Fsp3) is 0.444. The largest absolute Gasteiger partial charge is 0.294 e. The molecule has 2 rings (SSSR count). The van der Waals surface area contributed by atoms with E-state index in [0.29, 0.717) is 5.95 Å². The molecule has 1 aromatic rings. The Hall–Kier alpha value is -1.45. The van der Waals surface area contributed by atoms with Crippen molar-refractivity contribution >= 4 is 11.9 Å². The van der Waals surface area contributed by atoms with Crippen LogP contribution in [0.15, 0.2) is 18.5 Å². The third-order valence-electron chi connectivity index (χ3n) is 2.28. The first-order chi connectivity index (χ1) is 6.36. The van der Waals surface area contributed by atoms with Crippen LogP contribution in [0.4, 0.5) is 5.95 Å². The van der Waals surface area contributed by atoms with Crippen LogP contribution in [0.1, 0.15) is 19.3 Å². The average molecular weight is 177 g/mol. The summed E-state index contributed by atoms with van der Waals surface area (Å²) in [7, 11) is 0. The maximum atomic E-state index is 11.4. The normalized spacial score (nSPS) is 16.3. The van der Waals surface area contributed by atoms with Gasteiger partial charge in [0, 0.05) is 18.3 Å². The zero-order chi connectivity index (χ0) is 9.10. The van der Waals surface area contributed by atoms with Crippen molar-refractivity contribution in [1.29, 1.82) is 0 Å². The molecule has 0 bridgehead atoms. The average Bonchev–Trinajstić information content (AvgIpc) is 2.02. The Morgan fingerprint density at radius 3 is 2.62 bits per heavy atom. The molecule has 1 fully saturated rings. The van der Waals surface area contributed by atoms with Crippen LogP contribution in [0, 0.1) is 5.92 Å². The first-order valence-corrected chi connectivity index (χ1v) is 4.44. The van der Waals surface area contributed by atoms with E-state index in [1.54, 1.807) is 18.5 Å². The first kappa shape index (κ1) is 8.16. The van der Waals surface area contributed by atoms with Crippen LogP contribution >= 0.6 is 0 Å². The molecule has 0 unspecified atom stereocenters. The van der Waals surface area contributed by atoms with Gasteiger partial charge in [0.25, 0.3) is 0 Å². The van der Waals surface area contributed by atoms with E-state index in [-0.39, 0.29) is 11.8 Å². The molecule has 1 heterocycles. The molecule has 0 saturated heterocycles. The highest BCUT2D eigenvalue weighted by Gasteiger charge is 2.25. The zero-order valence-electron chi connectivity index (χ0n) is 7.23. The third-order valence-corrected chi connectivity index (χ3v) is 2.28. The molecular formula is C9H11N3O. The number of anilines is 1. The van der Waals surface area contributed by atoms with E-state index in [9.17, 15) is 4.79 Å². The lowest BCUT2D eigenvalue weighted by molar-refractivity contribution is -0.122. The minimum atomic E-state index is 0.0532. The van der Waals surface area contributed by atoms with Gasteiger partial charge in [-0.3, -0.25) is 10.1 Å². The number of hydrogen-bond acceptors (Lipinski definition) is 3. The molecule has 0 spiro atoms. The Morgan fingerprint density at radius 1 is 1.38 bits per heavy atom. The van der Waals surface area contributed by atoms with Gasteiger partial charge in [-0.2, -0.15) is 0 Å². The number of rotatable bonds is 2. The number of hydrogen-bond donors (Lipinski definition) is 1. The van der Waals surface area contributed by atoms with Crippen molar-refractivity contribution in [2.75, 3.05) is 5.32 Å². The predicted octanol–water partition coefficient (Wildman–Crippen LogP) is 1.22. The summed E-state index contributed by atoms with van der Waals surface area (Å²) in [5.41, 5.74) is 0. The molecule has 1 aromatic heterocycles. The minimum absolute atomic E-state index is 0.0532. The Labute approximate surface area is 76.4 Å². The monoisotopic (exact) mass is 177 g/mol. The molecule has 4 heteroatoms. The number of nitrogens with zero attached hydrogens (tertiary/aromatic N) is 2. The fourth-order valence-corrected chi connectivity index (χ4v) is 1.25. The van der Waals surface area contributed by atoms with Gasteiger partial charge in [-0.1, -0.05) is 6.42 Å². The molecule has 1 aliphatic carbocycles. The number of nitrogens with one attached hydrogen (secondary N) is 1. The van der Waals surface area contributed by atoms with Crippen molar-refractivity contribution in [1.82, 2.24) is 9.97 Å². The summed E-state index contributed by atoms with van der Waals surface area (Å²) in [6, 6.07) is 1.72. The summed E-state index contributed by atoms with van der Waals surface area (Å²) in [6.45, 7) is 0. The van der Waals surface area contributed by atoms with Crippen molar-refractivity contribution in [3.05, 3.63) is 18.5 Å². The van der Waals surface area contributed by atoms with Crippen LogP contribution in [-0.4, -0.2) is 15.9 Å². The predicted molar refractivity (Wildman–Crippen MR) is 48.0 cm³/mol. The summed E-state index contributed by atoms with van der Waals surface area (Å²) in [5, 5.41) is 2.68. The zero-order valence-corrected chi connectivity index (χ0v) is 7.23. The van der Waals surface area contributed by atoms with E-state index < -0.39 is 0 Å². The lowest BCUT2D eigenvalue weighted by atomic mass is 9.85. The van der Waals surface area contributed by atoms with Crippen molar-refractivity contribution in [3.63, 3.8) is 0 Å². The lowest BCUT2D eigenvalue weighted by Gasteiger charge is -2.23. The van der Waals surface area contributed by atoms with Crippen LogP contribution in [0.25, 0.3) is 0 Å². The molecular weight excluding hydrogens is 166 g/mol. The van der Waals surface area contributed by atoms with Crippen molar-refractivity contribution in [3.8, 4) is 0 Å². The topological polar surface area (TPSA) is 54.9 Å². The van der Waals surface area contributed by atoms with Crippen molar-refractivity contribution in [2.45, 2.75) is 19.3 Å². The van der Waals surface area contributed by atoms with E-state index in [1.807, 2.05) is 0 Å². The number of amides is 1. The molecule has 1 amide bonds.